The lowest BCUT2D eigenvalue weighted by Gasteiger charge is -2.18. The molecule has 0 spiro atoms. The van der Waals surface area contributed by atoms with Crippen LogP contribution in [0.25, 0.3) is 22.0 Å². The average Bonchev–Trinajstić information content (AvgIpc) is 3.14. The van der Waals surface area contributed by atoms with E-state index in [1.807, 2.05) is 18.2 Å². The summed E-state index contributed by atoms with van der Waals surface area (Å²) < 4.78 is 10.8. The van der Waals surface area contributed by atoms with Crippen molar-refractivity contribution in [3.63, 3.8) is 0 Å². The fraction of sp³-hybridized carbons (Fsp3) is 0.0476. The predicted octanol–water partition coefficient (Wildman–Crippen LogP) is 4.97. The molecule has 3 aromatic rings. The Morgan fingerprint density at radius 3 is 2.72 bits per heavy atom. The summed E-state index contributed by atoms with van der Waals surface area (Å²) in [5.74, 6) is 0.884. The van der Waals surface area contributed by atoms with Crippen LogP contribution >= 0.6 is 0 Å². The van der Waals surface area contributed by atoms with Crippen molar-refractivity contribution in [1.82, 2.24) is 5.16 Å². The molecule has 120 valence electrons. The van der Waals surface area contributed by atoms with E-state index in [0.29, 0.717) is 6.42 Å². The van der Waals surface area contributed by atoms with Gasteiger partial charge in [-0.25, -0.2) is 0 Å². The molecule has 2 aromatic carbocycles. The largest absolute Gasteiger partial charge is 0.468 e. The van der Waals surface area contributed by atoms with Gasteiger partial charge in [0.25, 0.3) is 0 Å². The van der Waals surface area contributed by atoms with Crippen LogP contribution in [0.15, 0.2) is 88.6 Å². The van der Waals surface area contributed by atoms with Gasteiger partial charge in [-0.15, -0.1) is 0 Å². The van der Waals surface area contributed by atoms with Crippen molar-refractivity contribution in [1.29, 1.82) is 0 Å². The number of nitrogens with zero attached hydrogens (tertiary/aromatic N) is 2. The molecule has 3 heterocycles. The Morgan fingerprint density at radius 2 is 1.84 bits per heavy atom. The molecule has 0 aliphatic carbocycles. The highest BCUT2D eigenvalue weighted by Gasteiger charge is 2.21. The lowest BCUT2D eigenvalue weighted by Crippen LogP contribution is -2.10. The summed E-state index contributed by atoms with van der Waals surface area (Å²) in [5.41, 5.74) is 4.77. The van der Waals surface area contributed by atoms with E-state index >= 15 is 0 Å². The first-order valence-corrected chi connectivity index (χ1v) is 8.11. The molecule has 0 fully saturated rings. The summed E-state index contributed by atoms with van der Waals surface area (Å²) in [4.78, 5) is 4.85. The van der Waals surface area contributed by atoms with Gasteiger partial charge in [-0.2, -0.15) is 0 Å². The van der Waals surface area contributed by atoms with Gasteiger partial charge in [0.2, 0.25) is 0 Å². The summed E-state index contributed by atoms with van der Waals surface area (Å²) in [6.45, 7) is 0. The number of hydrogen-bond donors (Lipinski definition) is 0. The molecule has 0 amide bonds. The molecule has 0 atom stereocenters. The van der Waals surface area contributed by atoms with E-state index in [-0.39, 0.29) is 0 Å². The van der Waals surface area contributed by atoms with Crippen LogP contribution in [0.1, 0.15) is 17.5 Å². The Kier molecular flexibility index (Phi) is 3.13. The van der Waals surface area contributed by atoms with Gasteiger partial charge < -0.3 is 9.26 Å². The minimum absolute atomic E-state index is 0.671. The van der Waals surface area contributed by atoms with E-state index < -0.39 is 0 Å². The highest BCUT2D eigenvalue weighted by Crippen LogP contribution is 2.32. The fourth-order valence-electron chi connectivity index (χ4n) is 3.14. The number of benzene rings is 2. The van der Waals surface area contributed by atoms with Crippen molar-refractivity contribution in [2.45, 2.75) is 6.42 Å². The van der Waals surface area contributed by atoms with Crippen molar-refractivity contribution >= 4 is 27.8 Å². The second kappa shape index (κ2) is 5.60. The molecule has 5 rings (SSSR count). The molecule has 0 radical (unpaired) electrons. The van der Waals surface area contributed by atoms with Gasteiger partial charge >= 0.3 is 0 Å². The van der Waals surface area contributed by atoms with Crippen molar-refractivity contribution in [2.75, 3.05) is 0 Å². The van der Waals surface area contributed by atoms with Gasteiger partial charge in [-0.05, 0) is 34.6 Å². The molecule has 0 N–H and O–H groups in total. The van der Waals surface area contributed by atoms with Gasteiger partial charge in [-0.3, -0.25) is 4.99 Å². The standard InChI is InChI=1S/C21H14N2O2/c1-2-4-15-9-16(6-5-14(15)3-1)19-13-24-18-7-8-20(23-21(19)10-18)17-11-22-25-12-17/h1-9,11-13H,10H2. The van der Waals surface area contributed by atoms with Crippen LogP contribution in [0.5, 0.6) is 0 Å². The molecular formula is C21H14N2O2. The van der Waals surface area contributed by atoms with E-state index in [9.17, 15) is 0 Å². The monoisotopic (exact) mass is 326 g/mol. The zero-order valence-electron chi connectivity index (χ0n) is 13.3. The zero-order chi connectivity index (χ0) is 16.6. The molecular weight excluding hydrogens is 312 g/mol. The van der Waals surface area contributed by atoms with Crippen LogP contribution in [0.3, 0.4) is 0 Å². The average molecular weight is 326 g/mol. The molecule has 2 aliphatic rings. The molecule has 2 bridgehead atoms. The van der Waals surface area contributed by atoms with E-state index in [1.165, 1.54) is 10.8 Å². The summed E-state index contributed by atoms with van der Waals surface area (Å²) in [7, 11) is 0. The van der Waals surface area contributed by atoms with E-state index in [4.69, 9.17) is 14.3 Å². The van der Waals surface area contributed by atoms with Crippen LogP contribution in [-0.2, 0) is 4.74 Å². The zero-order valence-corrected chi connectivity index (χ0v) is 13.3. The first-order chi connectivity index (χ1) is 12.4. The van der Waals surface area contributed by atoms with Crippen molar-refractivity contribution < 1.29 is 9.26 Å². The number of rotatable bonds is 2. The number of ether oxygens (including phenoxy) is 1. The molecule has 1 aromatic heterocycles. The first kappa shape index (κ1) is 14.0. The number of hydrogen-bond acceptors (Lipinski definition) is 4. The Hall–Kier alpha value is -3.40. The van der Waals surface area contributed by atoms with Crippen molar-refractivity contribution in [3.8, 4) is 0 Å². The third-order valence-corrected chi connectivity index (χ3v) is 4.45. The predicted molar refractivity (Wildman–Crippen MR) is 97.6 cm³/mol. The number of allylic oxidation sites excluding steroid dienone is 4. The molecule has 4 heteroatoms. The van der Waals surface area contributed by atoms with Crippen LogP contribution in [0.4, 0.5) is 0 Å². The summed E-state index contributed by atoms with van der Waals surface area (Å²) in [6, 6.07) is 14.7. The maximum atomic E-state index is 5.81. The maximum absolute atomic E-state index is 5.81. The molecule has 2 aliphatic heterocycles. The first-order valence-electron chi connectivity index (χ1n) is 8.11. The molecule has 4 nitrogen and oxygen atoms in total. The van der Waals surface area contributed by atoms with E-state index in [2.05, 4.69) is 41.6 Å². The number of aliphatic imine (C=N–C) groups is 1. The SMILES string of the molecule is C1=C2CC(=NC(c3cnoc3)=C1)C(c1ccc3ccccc3c1)=CO2. The molecule has 0 unspecified atom stereocenters. The van der Waals surface area contributed by atoms with Gasteiger partial charge in [-0.1, -0.05) is 41.6 Å². The van der Waals surface area contributed by atoms with Gasteiger partial charge in [0.05, 0.1) is 23.2 Å². The van der Waals surface area contributed by atoms with Crippen molar-refractivity contribution in [3.05, 3.63) is 90.2 Å². The normalized spacial score (nSPS) is 16.3. The van der Waals surface area contributed by atoms with E-state index in [1.54, 1.807) is 18.7 Å². The lowest BCUT2D eigenvalue weighted by atomic mass is 9.96. The smallest absolute Gasteiger partial charge is 0.133 e. The highest BCUT2D eigenvalue weighted by molar-refractivity contribution is 6.26. The fourth-order valence-corrected chi connectivity index (χ4v) is 3.14. The Bertz CT molecular complexity index is 1090. The summed E-state index contributed by atoms with van der Waals surface area (Å²) in [5, 5.41) is 6.19. The van der Waals surface area contributed by atoms with Crippen LogP contribution in [-0.4, -0.2) is 10.9 Å². The minimum Gasteiger partial charge on any atom is -0.468 e. The Morgan fingerprint density at radius 1 is 0.920 bits per heavy atom. The van der Waals surface area contributed by atoms with Gasteiger partial charge in [0.15, 0.2) is 0 Å². The minimum atomic E-state index is 0.671. The third-order valence-electron chi connectivity index (χ3n) is 4.45. The lowest BCUT2D eigenvalue weighted by molar-refractivity contribution is 0.344. The third kappa shape index (κ3) is 2.48. The molecule has 0 saturated heterocycles. The second-order valence-electron chi connectivity index (χ2n) is 6.04. The van der Waals surface area contributed by atoms with E-state index in [0.717, 1.165) is 33.9 Å². The second-order valence-corrected chi connectivity index (χ2v) is 6.04. The maximum Gasteiger partial charge on any atom is 0.133 e. The highest BCUT2D eigenvalue weighted by atomic mass is 16.5. The Balaban J connectivity index is 1.62. The summed E-state index contributed by atoms with van der Waals surface area (Å²) in [6.07, 6.45) is 9.62. The van der Waals surface area contributed by atoms with Gasteiger partial charge in [0, 0.05) is 12.0 Å². The number of fused-ring (bicyclic) bond motifs is 3. The molecule has 0 saturated carbocycles. The molecule has 25 heavy (non-hydrogen) atoms. The topological polar surface area (TPSA) is 47.6 Å². The summed E-state index contributed by atoms with van der Waals surface area (Å²) >= 11 is 0. The van der Waals surface area contributed by atoms with Gasteiger partial charge in [0.1, 0.15) is 18.3 Å². The van der Waals surface area contributed by atoms with Crippen LogP contribution in [0.2, 0.25) is 0 Å². The van der Waals surface area contributed by atoms with Crippen molar-refractivity contribution in [2.24, 2.45) is 4.99 Å². The quantitative estimate of drug-likeness (QED) is 0.668. The van der Waals surface area contributed by atoms with Crippen LogP contribution < -0.4 is 0 Å². The van der Waals surface area contributed by atoms with Crippen LogP contribution in [0, 0.1) is 0 Å². The number of aromatic nitrogens is 1. The Labute approximate surface area is 144 Å².